The Morgan fingerprint density at radius 2 is 1.62 bits per heavy atom. The van der Waals surface area contributed by atoms with E-state index >= 15 is 0 Å². The van der Waals surface area contributed by atoms with Gasteiger partial charge in [0.15, 0.2) is 0 Å². The van der Waals surface area contributed by atoms with Gasteiger partial charge in [-0.05, 0) is 31.1 Å². The molecule has 1 fully saturated rings. The van der Waals surface area contributed by atoms with Gasteiger partial charge in [0.1, 0.15) is 0 Å². The summed E-state index contributed by atoms with van der Waals surface area (Å²) in [4.78, 5) is 2.55. The van der Waals surface area contributed by atoms with Gasteiger partial charge < -0.3 is 5.11 Å². The second-order valence-corrected chi connectivity index (χ2v) is 5.81. The van der Waals surface area contributed by atoms with Gasteiger partial charge in [-0.3, -0.25) is 4.90 Å². The van der Waals surface area contributed by atoms with Crippen LogP contribution in [0.1, 0.15) is 53.4 Å². The summed E-state index contributed by atoms with van der Waals surface area (Å²) in [6, 6.07) is 0.534. The van der Waals surface area contributed by atoms with Gasteiger partial charge in [0, 0.05) is 25.7 Å². The highest BCUT2D eigenvalue weighted by molar-refractivity contribution is 4.96. The van der Waals surface area contributed by atoms with Gasteiger partial charge in [0.2, 0.25) is 0 Å². The molecule has 0 aromatic heterocycles. The minimum atomic E-state index is 0.312. The van der Waals surface area contributed by atoms with E-state index in [4.69, 9.17) is 0 Å². The third kappa shape index (κ3) is 2.98. The molecule has 1 N–H and O–H groups in total. The summed E-state index contributed by atoms with van der Waals surface area (Å²) >= 11 is 0. The lowest BCUT2D eigenvalue weighted by molar-refractivity contribution is -0.0574. The molecule has 2 atom stereocenters. The van der Waals surface area contributed by atoms with Gasteiger partial charge in [-0.25, -0.2) is 0 Å². The normalized spacial score (nSPS) is 23.8. The molecule has 1 aliphatic rings. The Morgan fingerprint density at radius 1 is 1.12 bits per heavy atom. The van der Waals surface area contributed by atoms with E-state index in [-0.39, 0.29) is 0 Å². The molecule has 0 aromatic rings. The minimum Gasteiger partial charge on any atom is -0.396 e. The van der Waals surface area contributed by atoms with Crippen LogP contribution in [0.4, 0.5) is 0 Å². The highest BCUT2D eigenvalue weighted by atomic mass is 16.3. The molecule has 2 unspecified atom stereocenters. The molecule has 0 amide bonds. The summed E-state index contributed by atoms with van der Waals surface area (Å²) in [5.41, 5.74) is 0.604. The lowest BCUT2D eigenvalue weighted by Crippen LogP contribution is -2.60. The predicted octanol–water partition coefficient (Wildman–Crippen LogP) is 2.91. The molecule has 2 heteroatoms. The molecule has 0 aliphatic carbocycles. The van der Waals surface area contributed by atoms with Crippen molar-refractivity contribution in [2.24, 2.45) is 11.3 Å². The van der Waals surface area contributed by atoms with Crippen LogP contribution < -0.4 is 0 Å². The van der Waals surface area contributed by atoms with Crippen molar-refractivity contribution in [1.29, 1.82) is 0 Å². The molecule has 2 nitrogen and oxygen atoms in total. The fourth-order valence-electron chi connectivity index (χ4n) is 3.12. The highest BCUT2D eigenvalue weighted by Crippen LogP contribution is 2.41. The topological polar surface area (TPSA) is 23.5 Å². The van der Waals surface area contributed by atoms with E-state index in [1.165, 1.54) is 38.8 Å². The molecule has 1 aliphatic heterocycles. The average molecular weight is 227 g/mol. The summed E-state index contributed by atoms with van der Waals surface area (Å²) in [6.07, 6.45) is 5.35. The first-order valence-corrected chi connectivity index (χ1v) is 6.93. The van der Waals surface area contributed by atoms with Crippen LogP contribution in [0.5, 0.6) is 0 Å². The maximum atomic E-state index is 9.18. The number of rotatable bonds is 7. The average Bonchev–Trinajstić information content (AvgIpc) is 2.23. The van der Waals surface area contributed by atoms with Crippen molar-refractivity contribution < 1.29 is 5.11 Å². The molecular formula is C14H29NO. The zero-order valence-electron chi connectivity index (χ0n) is 11.5. The van der Waals surface area contributed by atoms with Crippen LogP contribution in [0, 0.1) is 11.3 Å². The molecular weight excluding hydrogens is 198 g/mol. The Labute approximate surface area is 101 Å². The van der Waals surface area contributed by atoms with Crippen molar-refractivity contribution in [1.82, 2.24) is 4.90 Å². The number of likely N-dealkylation sites (tertiary alicyclic amines) is 1. The predicted molar refractivity (Wildman–Crippen MR) is 69.5 cm³/mol. The number of aliphatic hydroxyl groups is 1. The lowest BCUT2D eigenvalue weighted by Gasteiger charge is -2.54. The number of aliphatic hydroxyl groups excluding tert-OH is 1. The number of hydrogen-bond donors (Lipinski definition) is 1. The molecule has 1 heterocycles. The zero-order chi connectivity index (χ0) is 12.2. The molecule has 0 saturated carbocycles. The van der Waals surface area contributed by atoms with Gasteiger partial charge in [-0.1, -0.05) is 33.6 Å². The van der Waals surface area contributed by atoms with E-state index in [9.17, 15) is 5.11 Å². The third-order valence-electron chi connectivity index (χ3n) is 4.33. The summed E-state index contributed by atoms with van der Waals surface area (Å²) in [6.45, 7) is 11.8. The Bertz CT molecular complexity index is 191. The van der Waals surface area contributed by atoms with Gasteiger partial charge in [-0.2, -0.15) is 0 Å². The summed E-state index contributed by atoms with van der Waals surface area (Å²) in [5, 5.41) is 9.18. The van der Waals surface area contributed by atoms with Gasteiger partial charge in [-0.15, -0.1) is 0 Å². The fourth-order valence-corrected chi connectivity index (χ4v) is 3.12. The quantitative estimate of drug-likeness (QED) is 0.723. The van der Waals surface area contributed by atoms with Crippen molar-refractivity contribution in [3.63, 3.8) is 0 Å². The second-order valence-electron chi connectivity index (χ2n) is 5.81. The van der Waals surface area contributed by atoms with Crippen LogP contribution in [0.25, 0.3) is 0 Å². The molecule has 1 rings (SSSR count). The second kappa shape index (κ2) is 6.02. The molecule has 0 bridgehead atoms. The van der Waals surface area contributed by atoms with Crippen LogP contribution in [0.15, 0.2) is 0 Å². The molecule has 0 aromatic carbocycles. The maximum absolute atomic E-state index is 9.18. The van der Waals surface area contributed by atoms with Gasteiger partial charge in [0.05, 0.1) is 0 Å². The molecule has 0 radical (unpaired) electrons. The first-order valence-electron chi connectivity index (χ1n) is 6.93. The maximum Gasteiger partial charge on any atom is 0.0471 e. The summed E-state index contributed by atoms with van der Waals surface area (Å²) in [7, 11) is 0. The van der Waals surface area contributed by atoms with Crippen molar-refractivity contribution in [3.8, 4) is 0 Å². The van der Waals surface area contributed by atoms with Gasteiger partial charge >= 0.3 is 0 Å². The smallest absolute Gasteiger partial charge is 0.0471 e. The molecule has 1 saturated heterocycles. The van der Waals surface area contributed by atoms with Gasteiger partial charge in [0.25, 0.3) is 0 Å². The van der Waals surface area contributed by atoms with Crippen LogP contribution in [0.3, 0.4) is 0 Å². The summed E-state index contributed by atoms with van der Waals surface area (Å²) < 4.78 is 0. The van der Waals surface area contributed by atoms with Crippen molar-refractivity contribution in [2.75, 3.05) is 19.7 Å². The first kappa shape index (κ1) is 14.0. The molecule has 96 valence electrons. The van der Waals surface area contributed by atoms with Crippen LogP contribution in [-0.2, 0) is 0 Å². The monoisotopic (exact) mass is 227 g/mol. The van der Waals surface area contributed by atoms with Crippen LogP contribution >= 0.6 is 0 Å². The zero-order valence-corrected chi connectivity index (χ0v) is 11.5. The standard InChI is InChI=1S/C14H29NO/c1-5-7-14(8-6-2)10-15(11-14)13(4)12(3)9-16/h12-13,16H,5-11H2,1-4H3. The fraction of sp³-hybridized carbons (Fsp3) is 1.00. The Morgan fingerprint density at radius 3 is 2.00 bits per heavy atom. The SMILES string of the molecule is CCCC1(CCC)CN(C(C)C(C)CO)C1. The van der Waals surface area contributed by atoms with E-state index in [0.717, 1.165) is 0 Å². The van der Waals surface area contributed by atoms with Crippen LogP contribution in [-0.4, -0.2) is 35.7 Å². The minimum absolute atomic E-state index is 0.312. The highest BCUT2D eigenvalue weighted by Gasteiger charge is 2.43. The van der Waals surface area contributed by atoms with E-state index in [2.05, 4.69) is 32.6 Å². The first-order chi connectivity index (χ1) is 7.58. The Balaban J connectivity index is 2.43. The largest absolute Gasteiger partial charge is 0.396 e. The lowest BCUT2D eigenvalue weighted by atomic mass is 9.71. The van der Waals surface area contributed by atoms with E-state index < -0.39 is 0 Å². The molecule has 0 spiro atoms. The molecule has 16 heavy (non-hydrogen) atoms. The van der Waals surface area contributed by atoms with E-state index in [1.807, 2.05) is 0 Å². The number of hydrogen-bond acceptors (Lipinski definition) is 2. The summed E-state index contributed by atoms with van der Waals surface area (Å²) in [5.74, 6) is 0.404. The van der Waals surface area contributed by atoms with Crippen molar-refractivity contribution in [2.45, 2.75) is 59.4 Å². The Kier molecular flexibility index (Phi) is 5.26. The van der Waals surface area contributed by atoms with E-state index in [1.54, 1.807) is 0 Å². The number of nitrogens with zero attached hydrogens (tertiary/aromatic N) is 1. The third-order valence-corrected chi connectivity index (χ3v) is 4.33. The van der Waals surface area contributed by atoms with E-state index in [0.29, 0.717) is 24.0 Å². The Hall–Kier alpha value is -0.0800. The van der Waals surface area contributed by atoms with Crippen molar-refractivity contribution in [3.05, 3.63) is 0 Å². The van der Waals surface area contributed by atoms with Crippen LogP contribution in [0.2, 0.25) is 0 Å². The van der Waals surface area contributed by atoms with Crippen molar-refractivity contribution >= 4 is 0 Å².